The van der Waals surface area contributed by atoms with Gasteiger partial charge in [0.05, 0.1) is 11.7 Å². The minimum atomic E-state index is 0.168. The van der Waals surface area contributed by atoms with Crippen LogP contribution in [0.1, 0.15) is 38.5 Å². The maximum atomic E-state index is 6.04. The first-order valence-electron chi connectivity index (χ1n) is 6.12. The van der Waals surface area contributed by atoms with E-state index in [-0.39, 0.29) is 5.60 Å². The maximum Gasteiger partial charge on any atom is 0.0699 e. The van der Waals surface area contributed by atoms with Gasteiger partial charge in [0.25, 0.3) is 0 Å². The topological polar surface area (TPSA) is 30.5 Å². The third-order valence-electron chi connectivity index (χ3n) is 4.08. The van der Waals surface area contributed by atoms with Gasteiger partial charge in [0.15, 0.2) is 0 Å². The molecule has 1 spiro atoms. The van der Waals surface area contributed by atoms with Crippen LogP contribution in [0.5, 0.6) is 0 Å². The summed E-state index contributed by atoms with van der Waals surface area (Å²) in [5, 5.41) is 3.39. The van der Waals surface area contributed by atoms with Crippen molar-refractivity contribution in [3.63, 3.8) is 0 Å². The molecule has 1 N–H and O–H groups in total. The highest BCUT2D eigenvalue weighted by atomic mass is 16.5. The van der Waals surface area contributed by atoms with Crippen molar-refractivity contribution >= 4 is 0 Å². The molecule has 15 heavy (non-hydrogen) atoms. The standard InChI is InChI=1S/C12H23NO2/c1-13-10-5-8-15-12(9-10)6-3-11(14-2)4-7-12/h10-11,13H,3-9H2,1-2H3. The van der Waals surface area contributed by atoms with Crippen LogP contribution in [-0.4, -0.2) is 38.5 Å². The molecule has 1 heterocycles. The van der Waals surface area contributed by atoms with Crippen LogP contribution >= 0.6 is 0 Å². The summed E-state index contributed by atoms with van der Waals surface area (Å²) in [7, 11) is 3.88. The van der Waals surface area contributed by atoms with E-state index in [1.54, 1.807) is 0 Å². The molecule has 0 radical (unpaired) electrons. The van der Waals surface area contributed by atoms with Gasteiger partial charge in [-0.1, -0.05) is 0 Å². The Hall–Kier alpha value is -0.120. The van der Waals surface area contributed by atoms with E-state index in [0.717, 1.165) is 25.9 Å². The van der Waals surface area contributed by atoms with Gasteiger partial charge in [-0.3, -0.25) is 0 Å². The van der Waals surface area contributed by atoms with Crippen LogP contribution in [0.25, 0.3) is 0 Å². The molecule has 2 aliphatic rings. The van der Waals surface area contributed by atoms with Crippen molar-refractivity contribution in [2.45, 2.75) is 56.3 Å². The SMILES string of the molecule is CNC1CCOC2(CCC(OC)CC2)C1. The minimum absolute atomic E-state index is 0.168. The lowest BCUT2D eigenvalue weighted by molar-refractivity contribution is -0.125. The van der Waals surface area contributed by atoms with Gasteiger partial charge in [0.1, 0.15) is 0 Å². The summed E-state index contributed by atoms with van der Waals surface area (Å²) in [6.45, 7) is 0.920. The Morgan fingerprint density at radius 1 is 1.27 bits per heavy atom. The van der Waals surface area contributed by atoms with Crippen molar-refractivity contribution in [1.29, 1.82) is 0 Å². The van der Waals surface area contributed by atoms with Gasteiger partial charge in [-0.2, -0.15) is 0 Å². The molecule has 0 aromatic carbocycles. The molecule has 1 unspecified atom stereocenters. The van der Waals surface area contributed by atoms with Gasteiger partial charge >= 0.3 is 0 Å². The average molecular weight is 213 g/mol. The van der Waals surface area contributed by atoms with E-state index in [2.05, 4.69) is 12.4 Å². The normalized spacial score (nSPS) is 42.0. The van der Waals surface area contributed by atoms with Gasteiger partial charge in [-0.25, -0.2) is 0 Å². The van der Waals surface area contributed by atoms with Crippen LogP contribution in [0.15, 0.2) is 0 Å². The molecule has 0 bridgehead atoms. The third-order valence-corrected chi connectivity index (χ3v) is 4.08. The van der Waals surface area contributed by atoms with Crippen LogP contribution in [0.3, 0.4) is 0 Å². The second-order valence-corrected chi connectivity index (χ2v) is 4.94. The molecule has 0 aromatic rings. The summed E-state index contributed by atoms with van der Waals surface area (Å²) in [6, 6.07) is 0.651. The largest absolute Gasteiger partial charge is 0.381 e. The van der Waals surface area contributed by atoms with Gasteiger partial charge in [0.2, 0.25) is 0 Å². The molecule has 3 nitrogen and oxygen atoms in total. The zero-order chi connectivity index (χ0) is 10.7. The van der Waals surface area contributed by atoms with Crippen molar-refractivity contribution in [3.8, 4) is 0 Å². The fraction of sp³-hybridized carbons (Fsp3) is 1.00. The Morgan fingerprint density at radius 3 is 2.60 bits per heavy atom. The van der Waals surface area contributed by atoms with Gasteiger partial charge in [-0.15, -0.1) is 0 Å². The molecule has 0 aromatic heterocycles. The van der Waals surface area contributed by atoms with E-state index in [4.69, 9.17) is 9.47 Å². The molecule has 3 heteroatoms. The predicted molar refractivity (Wildman–Crippen MR) is 60.0 cm³/mol. The Bertz CT molecular complexity index is 200. The van der Waals surface area contributed by atoms with E-state index in [9.17, 15) is 0 Å². The fourth-order valence-electron chi connectivity index (χ4n) is 2.98. The molecular weight excluding hydrogens is 190 g/mol. The first kappa shape index (κ1) is 11.4. The highest BCUT2D eigenvalue weighted by Gasteiger charge is 2.40. The molecule has 2 fully saturated rings. The summed E-state index contributed by atoms with van der Waals surface area (Å²) >= 11 is 0. The second-order valence-electron chi connectivity index (χ2n) is 4.94. The zero-order valence-corrected chi connectivity index (χ0v) is 9.92. The Morgan fingerprint density at radius 2 is 2.00 bits per heavy atom. The van der Waals surface area contributed by atoms with Crippen molar-refractivity contribution in [2.24, 2.45) is 0 Å². The average Bonchev–Trinajstić information content (AvgIpc) is 2.30. The molecule has 88 valence electrons. The first-order chi connectivity index (χ1) is 7.28. The van der Waals surface area contributed by atoms with E-state index in [0.29, 0.717) is 12.1 Å². The summed E-state index contributed by atoms with van der Waals surface area (Å²) < 4.78 is 11.4. The smallest absolute Gasteiger partial charge is 0.0699 e. The lowest BCUT2D eigenvalue weighted by Gasteiger charge is -2.45. The Labute approximate surface area is 92.5 Å². The summed E-state index contributed by atoms with van der Waals surface area (Å²) in [5.74, 6) is 0. The molecule has 1 atom stereocenters. The second kappa shape index (κ2) is 4.81. The number of rotatable bonds is 2. The summed E-state index contributed by atoms with van der Waals surface area (Å²) in [6.07, 6.45) is 7.47. The number of nitrogens with one attached hydrogen (secondary N) is 1. The predicted octanol–water partition coefficient (Wildman–Crippen LogP) is 1.71. The molecule has 1 saturated carbocycles. The molecule has 0 amide bonds. The number of ether oxygens (including phenoxy) is 2. The fourth-order valence-corrected chi connectivity index (χ4v) is 2.98. The van der Waals surface area contributed by atoms with Crippen LogP contribution < -0.4 is 5.32 Å². The van der Waals surface area contributed by atoms with Crippen molar-refractivity contribution in [2.75, 3.05) is 20.8 Å². The Balaban J connectivity index is 1.90. The quantitative estimate of drug-likeness (QED) is 0.757. The van der Waals surface area contributed by atoms with Gasteiger partial charge < -0.3 is 14.8 Å². The van der Waals surface area contributed by atoms with Crippen LogP contribution in [-0.2, 0) is 9.47 Å². The lowest BCUT2D eigenvalue weighted by Crippen LogP contribution is -2.48. The molecule has 1 saturated heterocycles. The van der Waals surface area contributed by atoms with Gasteiger partial charge in [0, 0.05) is 19.8 Å². The monoisotopic (exact) mass is 213 g/mol. The van der Waals surface area contributed by atoms with Gasteiger partial charge in [-0.05, 0) is 45.6 Å². The highest BCUT2D eigenvalue weighted by molar-refractivity contribution is 4.93. The van der Waals surface area contributed by atoms with Crippen molar-refractivity contribution < 1.29 is 9.47 Å². The highest BCUT2D eigenvalue weighted by Crippen LogP contribution is 2.39. The van der Waals surface area contributed by atoms with Crippen molar-refractivity contribution in [3.05, 3.63) is 0 Å². The summed E-state index contributed by atoms with van der Waals surface area (Å²) in [4.78, 5) is 0. The Kier molecular flexibility index (Phi) is 3.65. The maximum absolute atomic E-state index is 6.04. The molecule has 1 aliphatic heterocycles. The van der Waals surface area contributed by atoms with Crippen LogP contribution in [0, 0.1) is 0 Å². The minimum Gasteiger partial charge on any atom is -0.381 e. The van der Waals surface area contributed by atoms with E-state index in [1.165, 1.54) is 19.3 Å². The van der Waals surface area contributed by atoms with Crippen molar-refractivity contribution in [1.82, 2.24) is 5.32 Å². The molecule has 2 rings (SSSR count). The lowest BCUT2D eigenvalue weighted by atomic mass is 9.77. The third kappa shape index (κ3) is 2.52. The van der Waals surface area contributed by atoms with E-state index in [1.807, 2.05) is 7.11 Å². The molecule has 1 aliphatic carbocycles. The van der Waals surface area contributed by atoms with E-state index < -0.39 is 0 Å². The van der Waals surface area contributed by atoms with Crippen LogP contribution in [0.4, 0.5) is 0 Å². The van der Waals surface area contributed by atoms with E-state index >= 15 is 0 Å². The summed E-state index contributed by atoms with van der Waals surface area (Å²) in [5.41, 5.74) is 0.168. The van der Waals surface area contributed by atoms with Crippen LogP contribution in [0.2, 0.25) is 0 Å². The number of hydrogen-bond acceptors (Lipinski definition) is 3. The number of methoxy groups -OCH3 is 1. The number of hydrogen-bond donors (Lipinski definition) is 1. The first-order valence-corrected chi connectivity index (χ1v) is 6.12. The zero-order valence-electron chi connectivity index (χ0n) is 9.92. The molecular formula is C12H23NO2.